The van der Waals surface area contributed by atoms with Gasteiger partial charge in [-0.25, -0.2) is 0 Å². The summed E-state index contributed by atoms with van der Waals surface area (Å²) < 4.78 is 1.84. The number of para-hydroxylation sites is 1. The van der Waals surface area contributed by atoms with Crippen molar-refractivity contribution in [2.45, 2.75) is 12.8 Å². The predicted molar refractivity (Wildman–Crippen MR) is 70.4 cm³/mol. The molecule has 0 bridgehead atoms. The van der Waals surface area contributed by atoms with Gasteiger partial charge in [0, 0.05) is 25.3 Å². The van der Waals surface area contributed by atoms with Gasteiger partial charge < -0.3 is 9.69 Å². The number of nitrogens with zero attached hydrogens (tertiary/aromatic N) is 3. The van der Waals surface area contributed by atoms with Crippen LogP contribution in [0.2, 0.25) is 0 Å². The maximum atomic E-state index is 11.5. The van der Waals surface area contributed by atoms with Crippen LogP contribution in [0.15, 0.2) is 24.3 Å². The molecule has 0 radical (unpaired) electrons. The molecule has 3 rings (SSSR count). The molecule has 0 saturated heterocycles. The first kappa shape index (κ1) is 11.0. The SMILES string of the molecule is Cc1nn(C)c2c1C(C=O)c1ccccc1N2C. The average Bonchev–Trinajstić information content (AvgIpc) is 2.66. The number of rotatable bonds is 1. The maximum Gasteiger partial charge on any atom is 0.135 e. The Kier molecular flexibility index (Phi) is 2.26. The van der Waals surface area contributed by atoms with Gasteiger partial charge in [0.2, 0.25) is 0 Å². The van der Waals surface area contributed by atoms with Crippen LogP contribution < -0.4 is 4.90 Å². The molecule has 2 heterocycles. The van der Waals surface area contributed by atoms with E-state index in [4.69, 9.17) is 0 Å². The second-order valence-electron chi connectivity index (χ2n) is 4.68. The lowest BCUT2D eigenvalue weighted by molar-refractivity contribution is -0.108. The second kappa shape index (κ2) is 3.70. The lowest BCUT2D eigenvalue weighted by Crippen LogP contribution is -2.23. The number of benzene rings is 1. The third kappa shape index (κ3) is 1.26. The largest absolute Gasteiger partial charge is 0.329 e. The van der Waals surface area contributed by atoms with Gasteiger partial charge in [0.25, 0.3) is 0 Å². The molecule has 0 saturated carbocycles. The van der Waals surface area contributed by atoms with E-state index in [9.17, 15) is 4.79 Å². The second-order valence-corrected chi connectivity index (χ2v) is 4.68. The third-order valence-electron chi connectivity index (χ3n) is 3.64. The highest BCUT2D eigenvalue weighted by Crippen LogP contribution is 2.44. The highest BCUT2D eigenvalue weighted by molar-refractivity contribution is 5.84. The van der Waals surface area contributed by atoms with Crippen LogP contribution in [0.25, 0.3) is 0 Å². The first-order chi connectivity index (χ1) is 8.65. The molecule has 1 atom stereocenters. The van der Waals surface area contributed by atoms with Crippen LogP contribution >= 0.6 is 0 Å². The van der Waals surface area contributed by atoms with Crippen LogP contribution in [0.4, 0.5) is 11.5 Å². The number of hydrogen-bond donors (Lipinski definition) is 0. The van der Waals surface area contributed by atoms with Gasteiger partial charge >= 0.3 is 0 Å². The topological polar surface area (TPSA) is 38.1 Å². The molecule has 0 spiro atoms. The highest BCUT2D eigenvalue weighted by Gasteiger charge is 2.32. The summed E-state index contributed by atoms with van der Waals surface area (Å²) >= 11 is 0. The number of anilines is 2. The van der Waals surface area contributed by atoms with Crippen LogP contribution in [-0.2, 0) is 11.8 Å². The molecular weight excluding hydrogens is 226 g/mol. The number of carbonyl (C=O) groups excluding carboxylic acids is 1. The van der Waals surface area contributed by atoms with Gasteiger partial charge in [-0.1, -0.05) is 18.2 Å². The molecule has 18 heavy (non-hydrogen) atoms. The van der Waals surface area contributed by atoms with Crippen LogP contribution in [0.3, 0.4) is 0 Å². The van der Waals surface area contributed by atoms with E-state index in [1.165, 1.54) is 0 Å². The van der Waals surface area contributed by atoms with Gasteiger partial charge in [0.1, 0.15) is 12.1 Å². The Balaban J connectivity index is 2.34. The summed E-state index contributed by atoms with van der Waals surface area (Å²) in [5.74, 6) is 0.796. The van der Waals surface area contributed by atoms with E-state index in [0.29, 0.717) is 0 Å². The number of carbonyl (C=O) groups is 1. The number of aromatic nitrogens is 2. The van der Waals surface area contributed by atoms with E-state index in [1.807, 2.05) is 50.0 Å². The van der Waals surface area contributed by atoms with Gasteiger partial charge in [-0.2, -0.15) is 5.10 Å². The molecule has 1 unspecified atom stereocenters. The number of fused-ring (bicyclic) bond motifs is 2. The summed E-state index contributed by atoms with van der Waals surface area (Å²) in [6.07, 6.45) is 1.01. The highest BCUT2D eigenvalue weighted by atomic mass is 16.1. The number of aryl methyl sites for hydroxylation is 2. The zero-order valence-electron chi connectivity index (χ0n) is 10.7. The Labute approximate surface area is 106 Å². The maximum absolute atomic E-state index is 11.5. The van der Waals surface area contributed by atoms with Crippen LogP contribution in [-0.4, -0.2) is 23.1 Å². The van der Waals surface area contributed by atoms with E-state index in [2.05, 4.69) is 10.00 Å². The summed E-state index contributed by atoms with van der Waals surface area (Å²) in [7, 11) is 3.93. The quantitative estimate of drug-likeness (QED) is 0.718. The molecule has 92 valence electrons. The van der Waals surface area contributed by atoms with Gasteiger partial charge in [0.15, 0.2) is 0 Å². The number of hydrogen-bond acceptors (Lipinski definition) is 3. The zero-order chi connectivity index (χ0) is 12.9. The molecule has 4 heteroatoms. The summed E-state index contributed by atoms with van der Waals surface area (Å²) in [6.45, 7) is 1.96. The van der Waals surface area contributed by atoms with Gasteiger partial charge in [-0.05, 0) is 18.6 Å². The fourth-order valence-corrected chi connectivity index (χ4v) is 2.89. The van der Waals surface area contributed by atoms with E-state index in [0.717, 1.165) is 34.6 Å². The lowest BCUT2D eigenvalue weighted by Gasteiger charge is -2.31. The van der Waals surface area contributed by atoms with Crippen LogP contribution in [0.5, 0.6) is 0 Å². The fraction of sp³-hybridized carbons (Fsp3) is 0.286. The van der Waals surface area contributed by atoms with Crippen molar-refractivity contribution < 1.29 is 4.79 Å². The summed E-state index contributed by atoms with van der Waals surface area (Å²) in [4.78, 5) is 13.6. The first-order valence-electron chi connectivity index (χ1n) is 5.96. The molecular formula is C14H15N3O. The third-order valence-corrected chi connectivity index (χ3v) is 3.64. The first-order valence-corrected chi connectivity index (χ1v) is 5.96. The Morgan fingerprint density at radius 2 is 2.00 bits per heavy atom. The van der Waals surface area contributed by atoms with Gasteiger partial charge in [0.05, 0.1) is 11.6 Å². The molecule has 1 aliphatic rings. The van der Waals surface area contributed by atoms with E-state index >= 15 is 0 Å². The zero-order valence-corrected chi connectivity index (χ0v) is 10.7. The minimum Gasteiger partial charge on any atom is -0.329 e. The average molecular weight is 241 g/mol. The van der Waals surface area contributed by atoms with E-state index in [1.54, 1.807) is 0 Å². The molecule has 0 N–H and O–H groups in total. The van der Waals surface area contributed by atoms with Crippen molar-refractivity contribution >= 4 is 17.8 Å². The Morgan fingerprint density at radius 3 is 2.72 bits per heavy atom. The molecule has 1 aromatic heterocycles. The number of aldehydes is 1. The molecule has 4 nitrogen and oxygen atoms in total. The summed E-state index contributed by atoms with van der Waals surface area (Å²) in [6, 6.07) is 8.02. The minimum atomic E-state index is -0.207. The standard InChI is InChI=1S/C14H15N3O/c1-9-13-11(8-18)10-6-4-5-7-12(10)16(2)14(13)17(3)15-9/h4-8,11H,1-3H3. The molecule has 0 aliphatic carbocycles. The fourth-order valence-electron chi connectivity index (χ4n) is 2.89. The van der Waals surface area contributed by atoms with Gasteiger partial charge in [-0.15, -0.1) is 0 Å². The Bertz CT molecular complexity index is 630. The summed E-state index contributed by atoms with van der Waals surface area (Å²) in [5.41, 5.74) is 4.07. The van der Waals surface area contributed by atoms with Crippen molar-refractivity contribution in [2.24, 2.45) is 7.05 Å². The van der Waals surface area contributed by atoms with Crippen LogP contribution in [0, 0.1) is 6.92 Å². The van der Waals surface area contributed by atoms with Crippen molar-refractivity contribution in [1.82, 2.24) is 9.78 Å². The molecule has 1 aromatic carbocycles. The molecule has 2 aromatic rings. The molecule has 0 fully saturated rings. The van der Waals surface area contributed by atoms with E-state index in [-0.39, 0.29) is 5.92 Å². The minimum absolute atomic E-state index is 0.207. The Morgan fingerprint density at radius 1 is 1.28 bits per heavy atom. The normalized spacial score (nSPS) is 17.3. The Hall–Kier alpha value is -2.10. The lowest BCUT2D eigenvalue weighted by atomic mass is 9.87. The smallest absolute Gasteiger partial charge is 0.135 e. The van der Waals surface area contributed by atoms with Crippen molar-refractivity contribution in [3.8, 4) is 0 Å². The van der Waals surface area contributed by atoms with Crippen molar-refractivity contribution in [1.29, 1.82) is 0 Å². The molecule has 0 amide bonds. The predicted octanol–water partition coefficient (Wildman–Crippen LogP) is 2.14. The monoisotopic (exact) mass is 241 g/mol. The molecule has 1 aliphatic heterocycles. The van der Waals surface area contributed by atoms with Crippen LogP contribution in [0.1, 0.15) is 22.7 Å². The van der Waals surface area contributed by atoms with Crippen molar-refractivity contribution in [2.75, 3.05) is 11.9 Å². The van der Waals surface area contributed by atoms with E-state index < -0.39 is 0 Å². The van der Waals surface area contributed by atoms with Crippen molar-refractivity contribution in [3.63, 3.8) is 0 Å². The summed E-state index contributed by atoms with van der Waals surface area (Å²) in [5, 5.41) is 4.44. The van der Waals surface area contributed by atoms with Crippen molar-refractivity contribution in [3.05, 3.63) is 41.1 Å². The van der Waals surface area contributed by atoms with Gasteiger partial charge in [-0.3, -0.25) is 4.68 Å².